The Kier molecular flexibility index (Phi) is 4.79. The lowest BCUT2D eigenvalue weighted by molar-refractivity contribution is -0.122. The van der Waals surface area contributed by atoms with Gasteiger partial charge in [0.15, 0.2) is 0 Å². The first kappa shape index (κ1) is 14.6. The van der Waals surface area contributed by atoms with Crippen LogP contribution in [0.1, 0.15) is 19.3 Å². The van der Waals surface area contributed by atoms with Crippen LogP contribution >= 0.6 is 0 Å². The van der Waals surface area contributed by atoms with Gasteiger partial charge in [-0.15, -0.1) is 0 Å². The van der Waals surface area contributed by atoms with Gasteiger partial charge in [0.25, 0.3) is 5.56 Å². The Morgan fingerprint density at radius 2 is 2.15 bits per heavy atom. The van der Waals surface area contributed by atoms with E-state index in [2.05, 4.69) is 5.32 Å². The number of nitrogens with two attached hydrogens (primary N) is 1. The standard InChI is InChI=1S/C14H21N3O3/c15-12-4-5-14(20)17(7-12)8-13(19)16-6-10-2-1-3-11(10)9-18/h4-5,7,10-11,18H,1-3,6,8-9,15H2,(H,16,19). The van der Waals surface area contributed by atoms with Gasteiger partial charge in [0.2, 0.25) is 5.91 Å². The lowest BCUT2D eigenvalue weighted by Gasteiger charge is -2.18. The molecule has 2 rings (SSSR count). The molecule has 1 saturated carbocycles. The van der Waals surface area contributed by atoms with Crippen molar-refractivity contribution in [2.45, 2.75) is 25.8 Å². The van der Waals surface area contributed by atoms with Crippen molar-refractivity contribution in [1.29, 1.82) is 0 Å². The number of anilines is 1. The quantitative estimate of drug-likeness (QED) is 0.704. The van der Waals surface area contributed by atoms with Crippen LogP contribution in [0, 0.1) is 11.8 Å². The normalized spacial score (nSPS) is 21.9. The third-order valence-corrected chi connectivity index (χ3v) is 3.93. The number of carbonyl (C=O) groups is 1. The minimum atomic E-state index is -0.247. The van der Waals surface area contributed by atoms with E-state index in [-0.39, 0.29) is 30.5 Å². The van der Waals surface area contributed by atoms with E-state index in [1.54, 1.807) is 0 Å². The fourth-order valence-corrected chi connectivity index (χ4v) is 2.75. The van der Waals surface area contributed by atoms with Crippen molar-refractivity contribution in [2.75, 3.05) is 18.9 Å². The van der Waals surface area contributed by atoms with Crippen LogP contribution < -0.4 is 16.6 Å². The van der Waals surface area contributed by atoms with Crippen LogP contribution in [0.25, 0.3) is 0 Å². The summed E-state index contributed by atoms with van der Waals surface area (Å²) in [7, 11) is 0. The highest BCUT2D eigenvalue weighted by molar-refractivity contribution is 5.75. The van der Waals surface area contributed by atoms with E-state index in [9.17, 15) is 14.7 Å². The van der Waals surface area contributed by atoms with Crippen LogP contribution in [-0.2, 0) is 11.3 Å². The summed E-state index contributed by atoms with van der Waals surface area (Å²) in [6.07, 6.45) is 4.61. The molecule has 6 heteroatoms. The highest BCUT2D eigenvalue weighted by Crippen LogP contribution is 2.30. The summed E-state index contributed by atoms with van der Waals surface area (Å²) in [6, 6.07) is 2.86. The molecule has 6 nitrogen and oxygen atoms in total. The summed E-state index contributed by atoms with van der Waals surface area (Å²) in [5, 5.41) is 12.1. The van der Waals surface area contributed by atoms with Crippen LogP contribution in [-0.4, -0.2) is 28.7 Å². The minimum Gasteiger partial charge on any atom is -0.398 e. The first-order valence-electron chi connectivity index (χ1n) is 6.93. The van der Waals surface area contributed by atoms with Crippen LogP contribution in [0.4, 0.5) is 5.69 Å². The molecule has 20 heavy (non-hydrogen) atoms. The predicted octanol–water partition coefficient (Wildman–Crippen LogP) is -0.0447. The molecule has 0 aromatic carbocycles. The molecule has 0 saturated heterocycles. The number of hydrogen-bond acceptors (Lipinski definition) is 4. The van der Waals surface area contributed by atoms with Crippen molar-refractivity contribution < 1.29 is 9.90 Å². The molecule has 0 bridgehead atoms. The number of hydrogen-bond donors (Lipinski definition) is 3. The number of aliphatic hydroxyl groups is 1. The smallest absolute Gasteiger partial charge is 0.251 e. The molecular weight excluding hydrogens is 258 g/mol. The Morgan fingerprint density at radius 1 is 1.40 bits per heavy atom. The molecule has 2 unspecified atom stereocenters. The molecule has 0 spiro atoms. The number of nitrogens with zero attached hydrogens (tertiary/aromatic N) is 1. The zero-order valence-electron chi connectivity index (χ0n) is 11.4. The Morgan fingerprint density at radius 3 is 2.90 bits per heavy atom. The summed E-state index contributed by atoms with van der Waals surface area (Å²) in [5.41, 5.74) is 5.80. The lowest BCUT2D eigenvalue weighted by Crippen LogP contribution is -2.36. The zero-order chi connectivity index (χ0) is 14.5. The second-order valence-corrected chi connectivity index (χ2v) is 5.37. The summed E-state index contributed by atoms with van der Waals surface area (Å²) < 4.78 is 1.29. The number of pyridine rings is 1. The van der Waals surface area contributed by atoms with Gasteiger partial charge in [-0.1, -0.05) is 6.42 Å². The number of nitrogen functional groups attached to an aromatic ring is 1. The third kappa shape index (κ3) is 3.60. The number of carbonyl (C=O) groups excluding carboxylic acids is 1. The van der Waals surface area contributed by atoms with Crippen LogP contribution in [0.3, 0.4) is 0 Å². The summed E-state index contributed by atoms with van der Waals surface area (Å²) in [5.74, 6) is 0.410. The lowest BCUT2D eigenvalue weighted by atomic mass is 9.97. The van der Waals surface area contributed by atoms with Gasteiger partial charge in [-0.05, 0) is 30.7 Å². The molecule has 0 aliphatic heterocycles. The number of amides is 1. The second-order valence-electron chi connectivity index (χ2n) is 5.37. The van der Waals surface area contributed by atoms with E-state index >= 15 is 0 Å². The maximum absolute atomic E-state index is 11.9. The highest BCUT2D eigenvalue weighted by Gasteiger charge is 2.26. The summed E-state index contributed by atoms with van der Waals surface area (Å²) in [6.45, 7) is 0.705. The van der Waals surface area contributed by atoms with Crippen molar-refractivity contribution in [3.8, 4) is 0 Å². The number of aliphatic hydroxyl groups excluding tert-OH is 1. The molecule has 1 heterocycles. The van der Waals surface area contributed by atoms with E-state index in [0.29, 0.717) is 18.2 Å². The molecule has 1 aromatic rings. The van der Waals surface area contributed by atoms with Crippen molar-refractivity contribution in [3.63, 3.8) is 0 Å². The van der Waals surface area contributed by atoms with Crippen molar-refractivity contribution in [3.05, 3.63) is 28.7 Å². The SMILES string of the molecule is Nc1ccc(=O)n(CC(=O)NCC2CCCC2CO)c1. The molecule has 1 fully saturated rings. The topological polar surface area (TPSA) is 97.4 Å². The first-order valence-corrected chi connectivity index (χ1v) is 6.93. The highest BCUT2D eigenvalue weighted by atomic mass is 16.3. The zero-order valence-corrected chi connectivity index (χ0v) is 11.4. The third-order valence-electron chi connectivity index (χ3n) is 3.93. The van der Waals surface area contributed by atoms with Gasteiger partial charge < -0.3 is 20.7 Å². The van der Waals surface area contributed by atoms with Gasteiger partial charge in [-0.3, -0.25) is 9.59 Å². The second kappa shape index (κ2) is 6.56. The van der Waals surface area contributed by atoms with Gasteiger partial charge in [0.1, 0.15) is 6.54 Å². The molecule has 0 radical (unpaired) electrons. The van der Waals surface area contributed by atoms with E-state index in [1.807, 2.05) is 0 Å². The molecule has 1 aromatic heterocycles. The van der Waals surface area contributed by atoms with E-state index in [1.165, 1.54) is 22.9 Å². The monoisotopic (exact) mass is 279 g/mol. The average Bonchev–Trinajstić information content (AvgIpc) is 2.88. The Labute approximate surface area is 117 Å². The molecule has 1 amide bonds. The Hall–Kier alpha value is -1.82. The van der Waals surface area contributed by atoms with Gasteiger partial charge in [0, 0.05) is 31.1 Å². The Balaban J connectivity index is 1.86. The minimum absolute atomic E-state index is 0.0274. The van der Waals surface area contributed by atoms with E-state index in [0.717, 1.165) is 19.3 Å². The molecular formula is C14H21N3O3. The van der Waals surface area contributed by atoms with Crippen molar-refractivity contribution in [2.24, 2.45) is 11.8 Å². The number of nitrogens with one attached hydrogen (secondary N) is 1. The van der Waals surface area contributed by atoms with Gasteiger partial charge >= 0.3 is 0 Å². The molecule has 4 N–H and O–H groups in total. The van der Waals surface area contributed by atoms with Crippen molar-refractivity contribution >= 4 is 11.6 Å². The largest absolute Gasteiger partial charge is 0.398 e. The maximum atomic E-state index is 11.9. The van der Waals surface area contributed by atoms with Crippen LogP contribution in [0.2, 0.25) is 0 Å². The summed E-state index contributed by atoms with van der Waals surface area (Å²) >= 11 is 0. The van der Waals surface area contributed by atoms with Crippen LogP contribution in [0.5, 0.6) is 0 Å². The van der Waals surface area contributed by atoms with Crippen molar-refractivity contribution in [1.82, 2.24) is 9.88 Å². The number of aromatic nitrogens is 1. The molecule has 1 aliphatic rings. The van der Waals surface area contributed by atoms with Gasteiger partial charge in [-0.2, -0.15) is 0 Å². The van der Waals surface area contributed by atoms with Gasteiger partial charge in [0.05, 0.1) is 0 Å². The first-order chi connectivity index (χ1) is 9.60. The molecule has 2 atom stereocenters. The average molecular weight is 279 g/mol. The fourth-order valence-electron chi connectivity index (χ4n) is 2.75. The van der Waals surface area contributed by atoms with Gasteiger partial charge in [-0.25, -0.2) is 0 Å². The summed E-state index contributed by atoms with van der Waals surface area (Å²) in [4.78, 5) is 23.4. The number of rotatable bonds is 5. The predicted molar refractivity (Wildman–Crippen MR) is 76.0 cm³/mol. The Bertz CT molecular complexity index is 527. The van der Waals surface area contributed by atoms with E-state index in [4.69, 9.17) is 5.73 Å². The molecule has 1 aliphatic carbocycles. The maximum Gasteiger partial charge on any atom is 0.251 e. The molecule has 110 valence electrons. The van der Waals surface area contributed by atoms with Crippen LogP contribution in [0.15, 0.2) is 23.1 Å². The fraction of sp³-hybridized carbons (Fsp3) is 0.571. The van der Waals surface area contributed by atoms with E-state index < -0.39 is 0 Å².